The summed E-state index contributed by atoms with van der Waals surface area (Å²) in [4.78, 5) is 9.53. The quantitative estimate of drug-likeness (QED) is 0.866. The molecule has 7 nitrogen and oxygen atoms in total. The lowest BCUT2D eigenvalue weighted by Crippen LogP contribution is -2.44. The highest BCUT2D eigenvalue weighted by molar-refractivity contribution is 7.22. The normalized spacial score (nSPS) is 27.0. The van der Waals surface area contributed by atoms with Gasteiger partial charge in [-0.3, -0.25) is 4.90 Å². The molecule has 2 aromatic rings. The van der Waals surface area contributed by atoms with Gasteiger partial charge in [-0.1, -0.05) is 11.3 Å². The van der Waals surface area contributed by atoms with Crippen LogP contribution in [-0.4, -0.2) is 76.3 Å². The first-order valence-electron chi connectivity index (χ1n) is 8.18. The van der Waals surface area contributed by atoms with Crippen LogP contribution in [0.5, 0.6) is 0 Å². The molecule has 0 bridgehead atoms. The molecule has 0 unspecified atom stereocenters. The maximum Gasteiger partial charge on any atom is 0.188 e. The molecule has 2 atom stereocenters. The van der Waals surface area contributed by atoms with E-state index in [2.05, 4.69) is 14.9 Å². The number of hydrogen-bond donors (Lipinski definition) is 1. The molecule has 8 heteroatoms. The van der Waals surface area contributed by atoms with E-state index in [1.54, 1.807) is 11.3 Å². The van der Waals surface area contributed by atoms with E-state index in [9.17, 15) is 5.11 Å². The highest BCUT2D eigenvalue weighted by Gasteiger charge is 2.32. The first kappa shape index (κ1) is 15.3. The van der Waals surface area contributed by atoms with Crippen LogP contribution in [0.1, 0.15) is 12.1 Å². The fourth-order valence-electron chi connectivity index (χ4n) is 3.55. The Morgan fingerprint density at radius 2 is 2.09 bits per heavy atom. The van der Waals surface area contributed by atoms with Crippen LogP contribution in [0, 0.1) is 6.92 Å². The van der Waals surface area contributed by atoms with Crippen molar-refractivity contribution >= 4 is 26.8 Å². The second kappa shape index (κ2) is 6.01. The molecule has 2 fully saturated rings. The summed E-state index contributed by atoms with van der Waals surface area (Å²) in [7, 11) is 1.95. The molecule has 2 aliphatic rings. The summed E-state index contributed by atoms with van der Waals surface area (Å²) in [6.45, 7) is 7.05. The Hall–Kier alpha value is -1.22. The molecule has 0 radical (unpaired) electrons. The Morgan fingerprint density at radius 3 is 2.83 bits per heavy atom. The lowest BCUT2D eigenvalue weighted by molar-refractivity contribution is 0.0859. The van der Waals surface area contributed by atoms with Crippen LogP contribution < -0.4 is 4.90 Å². The lowest BCUT2D eigenvalue weighted by atomic mass is 10.2. The highest BCUT2D eigenvalue weighted by atomic mass is 32.1. The third kappa shape index (κ3) is 2.73. The average molecular weight is 337 g/mol. The summed E-state index contributed by atoms with van der Waals surface area (Å²) < 4.78 is 8.45. The third-order valence-electron chi connectivity index (χ3n) is 4.82. The minimum Gasteiger partial charge on any atom is -0.389 e. The van der Waals surface area contributed by atoms with Gasteiger partial charge in [0.15, 0.2) is 10.8 Å². The monoisotopic (exact) mass is 337 g/mol. The lowest BCUT2D eigenvalue weighted by Gasteiger charge is -2.28. The van der Waals surface area contributed by atoms with E-state index < -0.39 is 0 Å². The number of aliphatic hydroxyl groups excluding tert-OH is 1. The SMILES string of the molecule is Cc1nn(C)c2nc(N3CCCN([C@H]4COC[C@@H]4O)CC3)sc12. The molecule has 126 valence electrons. The van der Waals surface area contributed by atoms with Gasteiger partial charge in [0.05, 0.1) is 35.8 Å². The molecule has 0 amide bonds. The second-order valence-electron chi connectivity index (χ2n) is 6.41. The molecule has 2 saturated heterocycles. The number of hydrogen-bond acceptors (Lipinski definition) is 7. The van der Waals surface area contributed by atoms with E-state index in [4.69, 9.17) is 9.72 Å². The van der Waals surface area contributed by atoms with E-state index in [0.717, 1.165) is 49.1 Å². The molecule has 0 spiro atoms. The van der Waals surface area contributed by atoms with Crippen molar-refractivity contribution in [3.63, 3.8) is 0 Å². The Labute approximate surface area is 139 Å². The smallest absolute Gasteiger partial charge is 0.188 e. The first-order valence-corrected chi connectivity index (χ1v) is 9.00. The van der Waals surface area contributed by atoms with Crippen LogP contribution in [0.15, 0.2) is 0 Å². The van der Waals surface area contributed by atoms with Gasteiger partial charge in [0.2, 0.25) is 0 Å². The standard InChI is InChI=1S/C15H23N5O2S/c1-10-13-14(18(2)17-10)16-15(23-13)20-5-3-4-19(6-7-20)11-8-22-9-12(11)21/h11-12,21H,3-9H2,1-2H3/t11-,12-/m0/s1. The molecular formula is C15H23N5O2S. The molecule has 0 aliphatic carbocycles. The van der Waals surface area contributed by atoms with Crippen LogP contribution in [0.2, 0.25) is 0 Å². The average Bonchev–Trinajstić information content (AvgIpc) is 3.15. The topological polar surface area (TPSA) is 66.7 Å². The molecule has 2 aromatic heterocycles. The van der Waals surface area contributed by atoms with Gasteiger partial charge in [-0.2, -0.15) is 5.10 Å². The number of thiazole rings is 1. The van der Waals surface area contributed by atoms with Crippen LogP contribution >= 0.6 is 11.3 Å². The van der Waals surface area contributed by atoms with Crippen molar-refractivity contribution in [3.8, 4) is 0 Å². The Kier molecular flexibility index (Phi) is 4.00. The fraction of sp³-hybridized carbons (Fsp3) is 0.733. The molecule has 4 heterocycles. The van der Waals surface area contributed by atoms with E-state index in [1.807, 2.05) is 18.7 Å². The van der Waals surface area contributed by atoms with Crippen molar-refractivity contribution < 1.29 is 9.84 Å². The van der Waals surface area contributed by atoms with Gasteiger partial charge >= 0.3 is 0 Å². The summed E-state index contributed by atoms with van der Waals surface area (Å²) in [5.41, 5.74) is 2.03. The van der Waals surface area contributed by atoms with Crippen molar-refractivity contribution in [2.75, 3.05) is 44.3 Å². The van der Waals surface area contributed by atoms with Crippen molar-refractivity contribution in [2.45, 2.75) is 25.5 Å². The number of aliphatic hydroxyl groups is 1. The van der Waals surface area contributed by atoms with E-state index >= 15 is 0 Å². The van der Waals surface area contributed by atoms with Crippen LogP contribution in [0.3, 0.4) is 0 Å². The Morgan fingerprint density at radius 1 is 1.22 bits per heavy atom. The van der Waals surface area contributed by atoms with Crippen molar-refractivity contribution in [1.82, 2.24) is 19.7 Å². The van der Waals surface area contributed by atoms with E-state index in [0.29, 0.717) is 13.2 Å². The van der Waals surface area contributed by atoms with Crippen LogP contribution in [0.25, 0.3) is 10.3 Å². The maximum atomic E-state index is 10.0. The zero-order valence-electron chi connectivity index (χ0n) is 13.6. The van der Waals surface area contributed by atoms with Gasteiger partial charge in [-0.15, -0.1) is 0 Å². The molecule has 0 aromatic carbocycles. The Balaban J connectivity index is 1.50. The van der Waals surface area contributed by atoms with Crippen molar-refractivity contribution in [3.05, 3.63) is 5.69 Å². The summed E-state index contributed by atoms with van der Waals surface area (Å²) in [5.74, 6) is 0. The number of aryl methyl sites for hydroxylation is 2. The highest BCUT2D eigenvalue weighted by Crippen LogP contribution is 2.31. The summed E-state index contributed by atoms with van der Waals surface area (Å²) in [5, 5.41) is 15.6. The van der Waals surface area contributed by atoms with E-state index in [1.165, 1.54) is 4.70 Å². The zero-order chi connectivity index (χ0) is 16.0. The summed E-state index contributed by atoms with van der Waals surface area (Å²) in [6.07, 6.45) is 0.730. The number of aromatic nitrogens is 3. The summed E-state index contributed by atoms with van der Waals surface area (Å²) >= 11 is 1.73. The Bertz CT molecular complexity index is 665. The van der Waals surface area contributed by atoms with E-state index in [-0.39, 0.29) is 12.1 Å². The van der Waals surface area contributed by atoms with Gasteiger partial charge < -0.3 is 14.7 Å². The number of nitrogens with zero attached hydrogens (tertiary/aromatic N) is 5. The molecule has 1 N–H and O–H groups in total. The molecular weight excluding hydrogens is 314 g/mol. The van der Waals surface area contributed by atoms with Crippen LogP contribution in [0.4, 0.5) is 5.13 Å². The zero-order valence-corrected chi connectivity index (χ0v) is 14.4. The minimum atomic E-state index is -0.349. The van der Waals surface area contributed by atoms with Crippen molar-refractivity contribution in [2.24, 2.45) is 7.05 Å². The largest absolute Gasteiger partial charge is 0.389 e. The number of fused-ring (bicyclic) bond motifs is 1. The number of anilines is 1. The van der Waals surface area contributed by atoms with Gasteiger partial charge in [-0.05, 0) is 13.3 Å². The minimum absolute atomic E-state index is 0.150. The predicted octanol–water partition coefficient (Wildman–Crippen LogP) is 0.610. The molecule has 4 rings (SSSR count). The molecule has 0 saturated carbocycles. The number of rotatable bonds is 2. The summed E-state index contributed by atoms with van der Waals surface area (Å²) in [6, 6.07) is 0.150. The van der Waals surface area contributed by atoms with Gasteiger partial charge in [0.1, 0.15) is 0 Å². The molecule has 23 heavy (non-hydrogen) atoms. The maximum absolute atomic E-state index is 10.0. The van der Waals surface area contributed by atoms with Crippen LogP contribution in [-0.2, 0) is 11.8 Å². The van der Waals surface area contributed by atoms with Gasteiger partial charge in [0.25, 0.3) is 0 Å². The molecule has 2 aliphatic heterocycles. The third-order valence-corrected chi connectivity index (χ3v) is 6.04. The first-order chi connectivity index (χ1) is 11.1. The van der Waals surface area contributed by atoms with Gasteiger partial charge in [0, 0.05) is 33.2 Å². The van der Waals surface area contributed by atoms with Gasteiger partial charge in [-0.25, -0.2) is 9.67 Å². The fourth-order valence-corrected chi connectivity index (χ4v) is 4.63. The predicted molar refractivity (Wildman–Crippen MR) is 90.1 cm³/mol. The number of ether oxygens (including phenoxy) is 1. The van der Waals surface area contributed by atoms with Crippen molar-refractivity contribution in [1.29, 1.82) is 0 Å². The second-order valence-corrected chi connectivity index (χ2v) is 7.38.